The van der Waals surface area contributed by atoms with Crippen LogP contribution in [0.25, 0.3) is 0 Å². The first-order chi connectivity index (χ1) is 9.04. The van der Waals surface area contributed by atoms with Crippen LogP contribution in [-0.2, 0) is 10.0 Å². The molecule has 0 bridgehead atoms. The van der Waals surface area contributed by atoms with Crippen molar-refractivity contribution in [1.29, 1.82) is 0 Å². The number of rotatable bonds is 4. The van der Waals surface area contributed by atoms with Crippen LogP contribution in [0.3, 0.4) is 0 Å². The fourth-order valence-corrected chi connectivity index (χ4v) is 2.37. The van der Waals surface area contributed by atoms with Gasteiger partial charge in [0, 0.05) is 6.04 Å². The van der Waals surface area contributed by atoms with Gasteiger partial charge in [0.1, 0.15) is 5.82 Å². The highest BCUT2D eigenvalue weighted by molar-refractivity contribution is 7.89. The first kappa shape index (κ1) is 16.6. The number of sulfonamides is 1. The number of nitrogens with two attached hydrogens (primary N) is 1. The average molecular weight is 302 g/mol. The number of halogens is 1. The zero-order chi connectivity index (χ0) is 15.7. The van der Waals surface area contributed by atoms with Gasteiger partial charge in [-0.1, -0.05) is 13.8 Å². The molecule has 1 atom stereocenters. The highest BCUT2D eigenvalue weighted by Crippen LogP contribution is 2.19. The van der Waals surface area contributed by atoms with Crippen molar-refractivity contribution in [1.82, 2.24) is 5.32 Å². The van der Waals surface area contributed by atoms with Crippen LogP contribution in [0.2, 0.25) is 0 Å². The molecule has 1 unspecified atom stereocenters. The van der Waals surface area contributed by atoms with Gasteiger partial charge in [-0.2, -0.15) is 0 Å². The third-order valence-corrected chi connectivity index (χ3v) is 4.23. The minimum atomic E-state index is -4.00. The average Bonchev–Trinajstić information content (AvgIpc) is 2.26. The Labute approximate surface area is 118 Å². The molecule has 20 heavy (non-hydrogen) atoms. The third kappa shape index (κ3) is 3.77. The Morgan fingerprint density at radius 3 is 2.30 bits per heavy atom. The zero-order valence-corrected chi connectivity index (χ0v) is 12.7. The van der Waals surface area contributed by atoms with E-state index in [4.69, 9.17) is 5.14 Å². The van der Waals surface area contributed by atoms with E-state index in [1.54, 1.807) is 6.92 Å². The monoisotopic (exact) mass is 302 g/mol. The molecule has 1 rings (SSSR count). The molecular weight excluding hydrogens is 283 g/mol. The predicted molar refractivity (Wildman–Crippen MR) is 74.3 cm³/mol. The van der Waals surface area contributed by atoms with Crippen molar-refractivity contribution < 1.29 is 17.6 Å². The van der Waals surface area contributed by atoms with Crippen LogP contribution in [0.15, 0.2) is 17.0 Å². The Kier molecular flexibility index (Phi) is 4.88. The van der Waals surface area contributed by atoms with E-state index in [9.17, 15) is 17.6 Å². The molecule has 112 valence electrons. The molecule has 0 aromatic heterocycles. The number of nitrogens with one attached hydrogen (secondary N) is 1. The summed E-state index contributed by atoms with van der Waals surface area (Å²) in [5.41, 5.74) is -0.161. The van der Waals surface area contributed by atoms with Crippen molar-refractivity contribution in [2.24, 2.45) is 11.1 Å². The van der Waals surface area contributed by atoms with E-state index >= 15 is 0 Å². The van der Waals surface area contributed by atoms with Crippen LogP contribution in [0.1, 0.15) is 36.7 Å². The summed E-state index contributed by atoms with van der Waals surface area (Å²) in [6.45, 7) is 7.02. The molecule has 7 heteroatoms. The molecule has 1 aromatic carbocycles. The number of hydrogen-bond acceptors (Lipinski definition) is 3. The Morgan fingerprint density at radius 2 is 1.85 bits per heavy atom. The maximum absolute atomic E-state index is 13.8. The van der Waals surface area contributed by atoms with Gasteiger partial charge in [-0.25, -0.2) is 17.9 Å². The van der Waals surface area contributed by atoms with Gasteiger partial charge in [-0.3, -0.25) is 4.79 Å². The van der Waals surface area contributed by atoms with Gasteiger partial charge in [-0.15, -0.1) is 0 Å². The van der Waals surface area contributed by atoms with E-state index in [1.807, 2.05) is 13.8 Å². The van der Waals surface area contributed by atoms with Crippen LogP contribution >= 0.6 is 0 Å². The summed E-state index contributed by atoms with van der Waals surface area (Å²) >= 11 is 0. The second-order valence-electron chi connectivity index (χ2n) is 5.15. The Bertz CT molecular complexity index is 627. The first-order valence-corrected chi connectivity index (χ1v) is 7.72. The van der Waals surface area contributed by atoms with Crippen LogP contribution < -0.4 is 10.5 Å². The molecule has 0 aliphatic heterocycles. The third-order valence-electron chi connectivity index (χ3n) is 3.17. The van der Waals surface area contributed by atoms with Gasteiger partial charge in [-0.05, 0) is 37.5 Å². The minimum Gasteiger partial charge on any atom is -0.349 e. The second kappa shape index (κ2) is 5.88. The van der Waals surface area contributed by atoms with E-state index in [0.717, 1.165) is 12.1 Å². The fourth-order valence-electron chi connectivity index (χ4n) is 1.58. The SMILES string of the molecule is Cc1cc(F)c(C(=O)NC(C)C(C)C)cc1S(N)(=O)=O. The van der Waals surface area contributed by atoms with E-state index in [1.165, 1.54) is 6.92 Å². The number of hydrogen-bond donors (Lipinski definition) is 2. The van der Waals surface area contributed by atoms with Crippen molar-refractivity contribution in [3.63, 3.8) is 0 Å². The van der Waals surface area contributed by atoms with Gasteiger partial charge >= 0.3 is 0 Å². The Balaban J connectivity index is 3.22. The molecule has 0 aliphatic rings. The predicted octanol–water partition coefficient (Wildman–Crippen LogP) is 1.56. The first-order valence-electron chi connectivity index (χ1n) is 6.18. The molecule has 3 N–H and O–H groups in total. The summed E-state index contributed by atoms with van der Waals surface area (Å²) < 4.78 is 36.6. The maximum Gasteiger partial charge on any atom is 0.254 e. The van der Waals surface area contributed by atoms with Crippen molar-refractivity contribution in [2.45, 2.75) is 38.6 Å². The van der Waals surface area contributed by atoms with Crippen molar-refractivity contribution in [2.75, 3.05) is 0 Å². The molecule has 0 radical (unpaired) electrons. The van der Waals surface area contributed by atoms with Crippen molar-refractivity contribution >= 4 is 15.9 Å². The number of amides is 1. The van der Waals surface area contributed by atoms with Gasteiger partial charge in [0.2, 0.25) is 10.0 Å². The van der Waals surface area contributed by atoms with E-state index in [-0.39, 0.29) is 28.0 Å². The van der Waals surface area contributed by atoms with Crippen LogP contribution in [0, 0.1) is 18.7 Å². The van der Waals surface area contributed by atoms with Gasteiger partial charge in [0.15, 0.2) is 0 Å². The second-order valence-corrected chi connectivity index (χ2v) is 6.68. The summed E-state index contributed by atoms with van der Waals surface area (Å²) in [4.78, 5) is 11.7. The molecule has 5 nitrogen and oxygen atoms in total. The summed E-state index contributed by atoms with van der Waals surface area (Å²) in [5.74, 6) is -1.26. The molecule has 0 fully saturated rings. The molecule has 0 saturated carbocycles. The van der Waals surface area contributed by atoms with Gasteiger partial charge in [0.05, 0.1) is 10.5 Å². The summed E-state index contributed by atoms with van der Waals surface area (Å²) in [7, 11) is -4.00. The lowest BCUT2D eigenvalue weighted by Gasteiger charge is -2.18. The largest absolute Gasteiger partial charge is 0.349 e. The lowest BCUT2D eigenvalue weighted by Crippen LogP contribution is -2.36. The van der Waals surface area contributed by atoms with E-state index < -0.39 is 21.7 Å². The number of carbonyl (C=O) groups is 1. The highest BCUT2D eigenvalue weighted by atomic mass is 32.2. The van der Waals surface area contributed by atoms with Crippen LogP contribution in [0.5, 0.6) is 0 Å². The van der Waals surface area contributed by atoms with Gasteiger partial charge < -0.3 is 5.32 Å². The summed E-state index contributed by atoms with van der Waals surface area (Å²) in [6, 6.07) is 1.80. The smallest absolute Gasteiger partial charge is 0.254 e. The normalized spacial score (nSPS) is 13.3. The van der Waals surface area contributed by atoms with Crippen molar-refractivity contribution in [3.05, 3.63) is 29.1 Å². The quantitative estimate of drug-likeness (QED) is 0.884. The Morgan fingerprint density at radius 1 is 1.30 bits per heavy atom. The zero-order valence-electron chi connectivity index (χ0n) is 11.9. The van der Waals surface area contributed by atoms with Crippen molar-refractivity contribution in [3.8, 4) is 0 Å². The van der Waals surface area contributed by atoms with Gasteiger partial charge in [0.25, 0.3) is 5.91 Å². The number of aryl methyl sites for hydroxylation is 1. The number of carbonyl (C=O) groups excluding carboxylic acids is 1. The highest BCUT2D eigenvalue weighted by Gasteiger charge is 2.21. The topological polar surface area (TPSA) is 89.3 Å². The van der Waals surface area contributed by atoms with Crippen LogP contribution in [-0.4, -0.2) is 20.4 Å². The summed E-state index contributed by atoms with van der Waals surface area (Å²) in [5, 5.41) is 7.66. The van der Waals surface area contributed by atoms with Crippen LogP contribution in [0.4, 0.5) is 4.39 Å². The molecule has 0 heterocycles. The molecule has 0 aliphatic carbocycles. The molecule has 1 amide bonds. The maximum atomic E-state index is 13.8. The lowest BCUT2D eigenvalue weighted by atomic mass is 10.1. The fraction of sp³-hybridized carbons (Fsp3) is 0.462. The Hall–Kier alpha value is -1.47. The number of primary sulfonamides is 1. The minimum absolute atomic E-state index is 0.165. The standard InChI is InChI=1S/C13H19FN2O3S/c1-7(2)9(4)16-13(17)10-6-12(20(15,18)19)8(3)5-11(10)14/h5-7,9H,1-4H3,(H,16,17)(H2,15,18,19). The summed E-state index contributed by atoms with van der Waals surface area (Å²) in [6.07, 6.45) is 0. The molecule has 0 saturated heterocycles. The molecular formula is C13H19FN2O3S. The number of benzene rings is 1. The van der Waals surface area contributed by atoms with E-state index in [0.29, 0.717) is 0 Å². The molecule has 0 spiro atoms. The van der Waals surface area contributed by atoms with E-state index in [2.05, 4.69) is 5.32 Å². The lowest BCUT2D eigenvalue weighted by molar-refractivity contribution is 0.0926. The molecule has 1 aromatic rings.